The predicted octanol–water partition coefficient (Wildman–Crippen LogP) is 3.92. The van der Waals surface area contributed by atoms with Gasteiger partial charge in [-0.2, -0.15) is 0 Å². The fourth-order valence-electron chi connectivity index (χ4n) is 5.18. The van der Waals surface area contributed by atoms with Gasteiger partial charge >= 0.3 is 0 Å². The molecule has 2 atom stereocenters. The van der Waals surface area contributed by atoms with Gasteiger partial charge in [0.1, 0.15) is 11.6 Å². The molecule has 5 aromatic rings. The summed E-state index contributed by atoms with van der Waals surface area (Å²) in [5.41, 5.74) is 7.15. The van der Waals surface area contributed by atoms with Crippen molar-refractivity contribution in [1.82, 2.24) is 15.3 Å². The topological polar surface area (TPSA) is 161 Å². The van der Waals surface area contributed by atoms with Crippen LogP contribution >= 0.6 is 0 Å². The Morgan fingerprint density at radius 1 is 1.05 bits per heavy atom. The molecule has 2 unspecified atom stereocenters. The Morgan fingerprint density at radius 2 is 1.83 bits per heavy atom. The monoisotopic (exact) mass is 568 g/mol. The van der Waals surface area contributed by atoms with Crippen LogP contribution in [0.4, 0.5) is 23.0 Å². The first-order valence-corrected chi connectivity index (χ1v) is 13.3. The van der Waals surface area contributed by atoms with E-state index in [1.807, 2.05) is 6.92 Å². The first-order valence-electron chi connectivity index (χ1n) is 13.3. The molecule has 12 nitrogen and oxygen atoms in total. The average Bonchev–Trinajstić information content (AvgIpc) is 3.54. The third kappa shape index (κ3) is 4.46. The molecule has 6 rings (SSSR count). The largest absolute Gasteiger partial charge is 0.380 e. The molecule has 2 aromatic carbocycles. The number of aromatic nitrogens is 3. The molecule has 1 fully saturated rings. The molecular weight excluding hydrogens is 540 g/mol. The molecule has 4 heterocycles. The summed E-state index contributed by atoms with van der Waals surface area (Å²) < 4.78 is 16.5. The molecule has 42 heavy (non-hydrogen) atoms. The van der Waals surface area contributed by atoms with Crippen molar-refractivity contribution < 1.29 is 28.5 Å². The van der Waals surface area contributed by atoms with Gasteiger partial charge in [-0.25, -0.2) is 4.98 Å². The molecule has 0 aliphatic carbocycles. The highest BCUT2D eigenvalue weighted by Gasteiger charge is 2.52. The predicted molar refractivity (Wildman–Crippen MR) is 154 cm³/mol. The summed E-state index contributed by atoms with van der Waals surface area (Å²) in [5, 5.41) is 19.9. The zero-order valence-electron chi connectivity index (χ0n) is 23.1. The van der Waals surface area contributed by atoms with Crippen LogP contribution in [0.5, 0.6) is 0 Å². The molecule has 3 N–H and O–H groups in total. The van der Waals surface area contributed by atoms with Crippen LogP contribution in [0.3, 0.4) is 0 Å². The lowest BCUT2D eigenvalue weighted by atomic mass is 9.93. The Kier molecular flexibility index (Phi) is 6.71. The van der Waals surface area contributed by atoms with E-state index < -0.39 is 23.5 Å². The Morgan fingerprint density at radius 3 is 2.57 bits per heavy atom. The van der Waals surface area contributed by atoms with Gasteiger partial charge < -0.3 is 24.6 Å². The van der Waals surface area contributed by atoms with Crippen LogP contribution in [0.15, 0.2) is 75.8 Å². The number of carbonyl (C=O) groups excluding carboxylic acids is 2. The minimum atomic E-state index is -1.91. The molecule has 0 radical (unpaired) electrons. The van der Waals surface area contributed by atoms with Gasteiger partial charge in [-0.1, -0.05) is 34.6 Å². The van der Waals surface area contributed by atoms with Crippen molar-refractivity contribution in [2.75, 3.05) is 28.7 Å². The Balaban J connectivity index is 1.34. The highest BCUT2D eigenvalue weighted by atomic mass is 16.5. The second-order valence-electron chi connectivity index (χ2n) is 10.2. The molecule has 1 saturated heterocycles. The lowest BCUT2D eigenvalue weighted by Gasteiger charge is -2.42. The summed E-state index contributed by atoms with van der Waals surface area (Å²) in [4.78, 5) is 35.5. The van der Waals surface area contributed by atoms with Crippen LogP contribution in [0, 0.1) is 13.8 Å². The van der Waals surface area contributed by atoms with Gasteiger partial charge in [0.2, 0.25) is 0 Å². The number of nitrogen functional groups attached to an aromatic ring is 1. The number of pyridine rings is 1. The standard InChI is InChI=1S/C30H28N6O6/c1-17-25(18(2)41-33-17)22-10-7-11-24(32-22)35-14-15-40-30(3,29(35)39)26(37)28(38)36(19-8-5-4-6-9-19)20-12-13-21-23(16-20)42-34-27(21)31/h4-13,16,26,37H,14-15H2,1-3H3,(H2,31,34). The third-order valence-corrected chi connectivity index (χ3v) is 7.42. The number of aryl methyl sites for hydroxylation is 2. The zero-order valence-corrected chi connectivity index (χ0v) is 23.1. The third-order valence-electron chi connectivity index (χ3n) is 7.42. The summed E-state index contributed by atoms with van der Waals surface area (Å²) in [7, 11) is 0. The van der Waals surface area contributed by atoms with E-state index in [4.69, 9.17) is 19.5 Å². The van der Waals surface area contributed by atoms with Gasteiger partial charge in [0.05, 0.1) is 41.2 Å². The molecule has 2 amide bonds. The number of aliphatic hydroxyl groups excluding tert-OH is 1. The minimum Gasteiger partial charge on any atom is -0.380 e. The Hall–Kier alpha value is -5.07. The van der Waals surface area contributed by atoms with E-state index >= 15 is 0 Å². The zero-order chi connectivity index (χ0) is 29.6. The van der Waals surface area contributed by atoms with Gasteiger partial charge in [0.15, 0.2) is 23.1 Å². The summed E-state index contributed by atoms with van der Waals surface area (Å²) in [5.74, 6) is -0.217. The van der Waals surface area contributed by atoms with Crippen LogP contribution in [0.25, 0.3) is 22.2 Å². The maximum atomic E-state index is 14.1. The first kappa shape index (κ1) is 27.1. The van der Waals surface area contributed by atoms with E-state index in [1.165, 1.54) is 16.7 Å². The highest BCUT2D eigenvalue weighted by Crippen LogP contribution is 2.35. The van der Waals surface area contributed by atoms with E-state index in [9.17, 15) is 14.7 Å². The average molecular weight is 569 g/mol. The minimum absolute atomic E-state index is 0.0679. The number of fused-ring (bicyclic) bond motifs is 1. The number of amides is 2. The molecule has 3 aromatic heterocycles. The number of morpholine rings is 1. The lowest BCUT2D eigenvalue weighted by molar-refractivity contribution is -0.171. The smallest absolute Gasteiger partial charge is 0.263 e. The van der Waals surface area contributed by atoms with Crippen LogP contribution < -0.4 is 15.5 Å². The fourth-order valence-corrected chi connectivity index (χ4v) is 5.18. The number of carbonyl (C=O) groups is 2. The van der Waals surface area contributed by atoms with E-state index in [0.717, 1.165) is 5.56 Å². The van der Waals surface area contributed by atoms with E-state index in [0.29, 0.717) is 45.3 Å². The summed E-state index contributed by atoms with van der Waals surface area (Å²) >= 11 is 0. The van der Waals surface area contributed by atoms with Crippen LogP contribution in [0.1, 0.15) is 18.4 Å². The molecule has 0 saturated carbocycles. The summed E-state index contributed by atoms with van der Waals surface area (Å²) in [6, 6.07) is 19.0. The Labute approximate surface area is 240 Å². The molecule has 0 spiro atoms. The van der Waals surface area contributed by atoms with Crippen LogP contribution in [-0.4, -0.2) is 57.1 Å². The maximum Gasteiger partial charge on any atom is 0.263 e. The van der Waals surface area contributed by atoms with E-state index in [2.05, 4.69) is 15.3 Å². The van der Waals surface area contributed by atoms with E-state index in [-0.39, 0.29) is 19.0 Å². The normalized spacial score (nSPS) is 17.9. The summed E-state index contributed by atoms with van der Waals surface area (Å²) in [6.45, 7) is 5.26. The first-order chi connectivity index (χ1) is 20.2. The number of para-hydroxylation sites is 1. The van der Waals surface area contributed by atoms with Crippen LogP contribution in [0.2, 0.25) is 0 Å². The van der Waals surface area contributed by atoms with Gasteiger partial charge in [-0.3, -0.25) is 19.4 Å². The van der Waals surface area contributed by atoms with Gasteiger partial charge in [-0.05, 0) is 57.2 Å². The molecule has 0 bridgehead atoms. The lowest BCUT2D eigenvalue weighted by Crippen LogP contribution is -2.64. The SMILES string of the molecule is Cc1noc(C)c1-c1cccc(N2CCOC(C)(C(O)C(=O)N(c3ccccc3)c3ccc4c(N)noc4c3)C2=O)n1. The number of hydrogen-bond acceptors (Lipinski definition) is 10. The molecule has 1 aliphatic heterocycles. The van der Waals surface area contributed by atoms with Gasteiger partial charge in [0.25, 0.3) is 11.8 Å². The second kappa shape index (κ2) is 10.4. The van der Waals surface area contributed by atoms with Crippen molar-refractivity contribution in [3.8, 4) is 11.3 Å². The summed E-state index contributed by atoms with van der Waals surface area (Å²) in [6.07, 6.45) is -1.88. The number of ether oxygens (including phenoxy) is 1. The number of nitrogens with zero attached hydrogens (tertiary/aromatic N) is 5. The van der Waals surface area contributed by atoms with Gasteiger partial charge in [0, 0.05) is 11.8 Å². The molecule has 214 valence electrons. The number of aliphatic hydroxyl groups is 1. The maximum absolute atomic E-state index is 14.1. The van der Waals surface area contributed by atoms with Crippen molar-refractivity contribution in [2.24, 2.45) is 0 Å². The van der Waals surface area contributed by atoms with Crippen LogP contribution in [-0.2, 0) is 14.3 Å². The molecule has 1 aliphatic rings. The van der Waals surface area contributed by atoms with Crippen molar-refractivity contribution in [1.29, 1.82) is 0 Å². The van der Waals surface area contributed by atoms with Crippen molar-refractivity contribution in [3.63, 3.8) is 0 Å². The number of rotatable bonds is 6. The Bertz CT molecular complexity index is 1780. The molecule has 12 heteroatoms. The number of anilines is 4. The highest BCUT2D eigenvalue weighted by molar-refractivity contribution is 6.10. The van der Waals surface area contributed by atoms with Crippen molar-refractivity contribution in [2.45, 2.75) is 32.5 Å². The fraction of sp³-hybridized carbons (Fsp3) is 0.233. The number of nitrogens with two attached hydrogens (primary N) is 1. The van der Waals surface area contributed by atoms with Crippen molar-refractivity contribution in [3.05, 3.63) is 78.2 Å². The van der Waals surface area contributed by atoms with E-state index in [1.54, 1.807) is 73.7 Å². The second-order valence-corrected chi connectivity index (χ2v) is 10.2. The number of benzene rings is 2. The van der Waals surface area contributed by atoms with Gasteiger partial charge in [-0.15, -0.1) is 0 Å². The number of hydrogen-bond donors (Lipinski definition) is 2. The quantitative estimate of drug-likeness (QED) is 0.307. The molecular formula is C30H28N6O6. The van der Waals surface area contributed by atoms with Crippen molar-refractivity contribution >= 4 is 45.8 Å².